The zero-order chi connectivity index (χ0) is 36.5. The lowest BCUT2D eigenvalue weighted by molar-refractivity contribution is -0.130. The van der Waals surface area contributed by atoms with Crippen LogP contribution in [0, 0.1) is 11.6 Å². The van der Waals surface area contributed by atoms with Gasteiger partial charge in [-0.1, -0.05) is 0 Å². The van der Waals surface area contributed by atoms with Gasteiger partial charge in [0.1, 0.15) is 16.4 Å². The third kappa shape index (κ3) is 6.66. The molecule has 51 heavy (non-hydrogen) atoms. The first-order valence-electron chi connectivity index (χ1n) is 16.5. The maximum absolute atomic E-state index is 15.2. The molecule has 0 spiro atoms. The number of rotatable bonds is 10. The van der Waals surface area contributed by atoms with Gasteiger partial charge in [-0.3, -0.25) is 15.0 Å². The molecular formula is C34H40F2N6O8S. The van der Waals surface area contributed by atoms with Crippen molar-refractivity contribution in [3.05, 3.63) is 71.4 Å². The monoisotopic (exact) mass is 730 g/mol. The third-order valence-electron chi connectivity index (χ3n) is 9.49. The number of pyridine rings is 1. The van der Waals surface area contributed by atoms with Gasteiger partial charge in [-0.2, -0.15) is 4.31 Å². The number of anilines is 1. The summed E-state index contributed by atoms with van der Waals surface area (Å²) in [5.41, 5.74) is -3.57. The Morgan fingerprint density at radius 1 is 0.980 bits per heavy atom. The zero-order valence-corrected chi connectivity index (χ0v) is 29.5. The fourth-order valence-corrected chi connectivity index (χ4v) is 8.46. The summed E-state index contributed by atoms with van der Waals surface area (Å²) in [6.07, 6.45) is 1.68. The number of amides is 2. The molecule has 274 valence electrons. The van der Waals surface area contributed by atoms with Crippen molar-refractivity contribution in [3.8, 4) is 17.4 Å². The van der Waals surface area contributed by atoms with E-state index in [1.165, 1.54) is 49.7 Å². The maximum Gasteiger partial charge on any atom is 0.427 e. The SMILES string of the molecule is CCOc1ncccc1C1(NC(=O)ON2CCC(N3CCN(C)CC3)CC2)C(=O)N(S(=O)(=O)c2ccc(OC)cc2OC)c2cc(F)c(F)cc21. The van der Waals surface area contributed by atoms with Crippen LogP contribution in [0.1, 0.15) is 30.9 Å². The molecule has 1 unspecified atom stereocenters. The summed E-state index contributed by atoms with van der Waals surface area (Å²) >= 11 is 0. The first-order valence-corrected chi connectivity index (χ1v) is 18.0. The van der Waals surface area contributed by atoms with Gasteiger partial charge in [-0.15, -0.1) is 5.06 Å². The molecule has 2 saturated heterocycles. The van der Waals surface area contributed by atoms with E-state index in [9.17, 15) is 18.0 Å². The van der Waals surface area contributed by atoms with Crippen molar-refractivity contribution in [2.45, 2.75) is 36.2 Å². The van der Waals surface area contributed by atoms with Crippen LogP contribution >= 0.6 is 0 Å². The summed E-state index contributed by atoms with van der Waals surface area (Å²) in [4.78, 5) is 43.0. The predicted molar refractivity (Wildman–Crippen MR) is 180 cm³/mol. The highest BCUT2D eigenvalue weighted by atomic mass is 32.2. The van der Waals surface area contributed by atoms with E-state index in [-0.39, 0.29) is 35.1 Å². The van der Waals surface area contributed by atoms with E-state index in [0.717, 1.165) is 45.1 Å². The first-order chi connectivity index (χ1) is 24.4. The summed E-state index contributed by atoms with van der Waals surface area (Å²) < 4.78 is 75.7. The van der Waals surface area contributed by atoms with Crippen LogP contribution in [0.5, 0.6) is 17.4 Å². The van der Waals surface area contributed by atoms with Crippen LogP contribution in [0.25, 0.3) is 0 Å². The minimum Gasteiger partial charge on any atom is -0.497 e. The molecule has 2 amide bonds. The van der Waals surface area contributed by atoms with Gasteiger partial charge in [0.25, 0.3) is 15.9 Å². The Labute approximate surface area is 294 Å². The second kappa shape index (κ2) is 14.6. The number of hydrogen-bond donors (Lipinski definition) is 1. The largest absolute Gasteiger partial charge is 0.497 e. The number of nitrogens with zero attached hydrogens (tertiary/aromatic N) is 5. The fourth-order valence-electron chi connectivity index (χ4n) is 6.86. The van der Waals surface area contributed by atoms with Crippen LogP contribution in [-0.4, -0.2) is 113 Å². The fraction of sp³-hybridized carbons (Fsp3) is 0.441. The molecule has 1 aromatic heterocycles. The number of sulfonamides is 1. The zero-order valence-electron chi connectivity index (χ0n) is 28.7. The third-order valence-corrected chi connectivity index (χ3v) is 11.2. The highest BCUT2D eigenvalue weighted by Crippen LogP contribution is 2.50. The van der Waals surface area contributed by atoms with E-state index < -0.39 is 49.8 Å². The number of likely N-dealkylation sites (N-methyl/N-ethyl adjacent to an activating group) is 1. The van der Waals surface area contributed by atoms with Gasteiger partial charge in [0, 0.05) is 69.2 Å². The summed E-state index contributed by atoms with van der Waals surface area (Å²) in [5, 5.41) is 4.02. The number of halogens is 2. The summed E-state index contributed by atoms with van der Waals surface area (Å²) in [6, 6.07) is 8.18. The van der Waals surface area contributed by atoms with E-state index >= 15 is 8.78 Å². The number of ether oxygens (including phenoxy) is 3. The smallest absolute Gasteiger partial charge is 0.427 e. The van der Waals surface area contributed by atoms with Gasteiger partial charge in [0.05, 0.1) is 32.1 Å². The number of piperidine rings is 1. The van der Waals surface area contributed by atoms with Gasteiger partial charge < -0.3 is 23.9 Å². The molecule has 0 saturated carbocycles. The van der Waals surface area contributed by atoms with E-state index in [2.05, 4.69) is 27.1 Å². The predicted octanol–water partition coefficient (Wildman–Crippen LogP) is 3.11. The first kappa shape index (κ1) is 36.2. The molecule has 1 N–H and O–H groups in total. The van der Waals surface area contributed by atoms with Crippen molar-refractivity contribution in [2.24, 2.45) is 0 Å². The highest BCUT2D eigenvalue weighted by molar-refractivity contribution is 7.93. The second-order valence-corrected chi connectivity index (χ2v) is 14.2. The van der Waals surface area contributed by atoms with Crippen molar-refractivity contribution in [1.29, 1.82) is 0 Å². The number of piperazine rings is 1. The van der Waals surface area contributed by atoms with Crippen LogP contribution in [0.15, 0.2) is 53.6 Å². The number of benzene rings is 2. The minimum absolute atomic E-state index is 0.0661. The lowest BCUT2D eigenvalue weighted by Gasteiger charge is -2.41. The average molecular weight is 731 g/mol. The van der Waals surface area contributed by atoms with Crippen molar-refractivity contribution >= 4 is 27.7 Å². The summed E-state index contributed by atoms with van der Waals surface area (Å²) in [7, 11) is -0.256. The topological polar surface area (TPSA) is 143 Å². The molecule has 17 heteroatoms. The normalized spacial score (nSPS) is 20.6. The molecule has 0 aliphatic carbocycles. The number of carbonyl (C=O) groups is 2. The van der Waals surface area contributed by atoms with Gasteiger partial charge in [-0.05, 0) is 57.1 Å². The average Bonchev–Trinajstić information content (AvgIpc) is 3.35. The maximum atomic E-state index is 15.2. The van der Waals surface area contributed by atoms with Crippen LogP contribution in [0.3, 0.4) is 0 Å². The van der Waals surface area contributed by atoms with Crippen LogP contribution in [0.4, 0.5) is 19.3 Å². The van der Waals surface area contributed by atoms with Crippen molar-refractivity contribution < 1.29 is 45.8 Å². The van der Waals surface area contributed by atoms with Crippen molar-refractivity contribution in [1.82, 2.24) is 25.2 Å². The Hall–Kier alpha value is -4.58. The van der Waals surface area contributed by atoms with Crippen LogP contribution < -0.4 is 23.8 Å². The van der Waals surface area contributed by atoms with E-state index in [0.29, 0.717) is 35.6 Å². The standard InChI is InChI=1S/C34H40F2N6O8S/c1-5-49-31-24(7-6-12-37-31)34(38-33(44)50-41-13-10-22(11-14-41)40-17-15-39(2)16-18-40)25-20-26(35)27(36)21-28(25)42(32(34)43)51(45,46)30-9-8-23(47-3)19-29(30)48-4/h6-9,12,19-22H,5,10-11,13-18H2,1-4H3,(H,38,44). The Kier molecular flexibility index (Phi) is 10.3. The molecule has 6 rings (SSSR count). The van der Waals surface area contributed by atoms with Crippen molar-refractivity contribution in [2.75, 3.05) is 71.4 Å². The number of fused-ring (bicyclic) bond motifs is 1. The number of nitrogens with one attached hydrogen (secondary N) is 1. The summed E-state index contributed by atoms with van der Waals surface area (Å²) in [6.45, 7) is 6.35. The Morgan fingerprint density at radius 2 is 1.69 bits per heavy atom. The van der Waals surface area contributed by atoms with E-state index in [4.69, 9.17) is 19.0 Å². The Bertz CT molecular complexity index is 1900. The lowest BCUT2D eigenvalue weighted by atomic mass is 9.84. The van der Waals surface area contributed by atoms with Gasteiger partial charge in [-0.25, -0.2) is 27.0 Å². The molecule has 3 aliphatic rings. The van der Waals surface area contributed by atoms with Crippen LogP contribution in [0.2, 0.25) is 0 Å². The molecule has 0 radical (unpaired) electrons. The number of methoxy groups -OCH3 is 2. The molecule has 2 aromatic carbocycles. The quantitative estimate of drug-likeness (QED) is 0.328. The lowest BCUT2D eigenvalue weighted by Crippen LogP contribution is -2.56. The van der Waals surface area contributed by atoms with Crippen LogP contribution in [-0.2, 0) is 25.2 Å². The minimum atomic E-state index is -4.94. The Morgan fingerprint density at radius 3 is 2.35 bits per heavy atom. The molecule has 2 fully saturated rings. The Balaban J connectivity index is 1.40. The molecule has 14 nitrogen and oxygen atoms in total. The van der Waals surface area contributed by atoms with E-state index in [1.807, 2.05) is 0 Å². The summed E-state index contributed by atoms with van der Waals surface area (Å²) in [5.74, 6) is -4.20. The van der Waals surface area contributed by atoms with Gasteiger partial charge >= 0.3 is 6.09 Å². The molecule has 4 heterocycles. The second-order valence-electron chi connectivity index (χ2n) is 12.4. The van der Waals surface area contributed by atoms with E-state index in [1.54, 1.807) is 6.92 Å². The van der Waals surface area contributed by atoms with Gasteiger partial charge in [0.15, 0.2) is 17.2 Å². The number of hydroxylamine groups is 2. The van der Waals surface area contributed by atoms with Crippen molar-refractivity contribution in [3.63, 3.8) is 0 Å². The molecule has 3 aromatic rings. The number of aromatic nitrogens is 1. The number of carbonyl (C=O) groups excluding carboxylic acids is 2. The molecule has 3 aliphatic heterocycles. The van der Waals surface area contributed by atoms with Gasteiger partial charge in [0.2, 0.25) is 5.88 Å². The highest BCUT2D eigenvalue weighted by Gasteiger charge is 2.60. The number of hydrogen-bond acceptors (Lipinski definition) is 12. The molecule has 0 bridgehead atoms. The molecular weight excluding hydrogens is 690 g/mol. The molecule has 1 atom stereocenters.